The first-order valence-electron chi connectivity index (χ1n) is 8.96. The highest BCUT2D eigenvalue weighted by molar-refractivity contribution is 9.10. The van der Waals surface area contributed by atoms with Gasteiger partial charge >= 0.3 is 5.97 Å². The van der Waals surface area contributed by atoms with Crippen molar-refractivity contribution in [1.29, 1.82) is 0 Å². The number of thioether (sulfide) groups is 1. The van der Waals surface area contributed by atoms with Crippen LogP contribution >= 0.6 is 62.0 Å². The molecular weight excluding hydrogens is 568 g/mol. The lowest BCUT2D eigenvalue weighted by atomic mass is 10.1. The molecule has 1 spiro atoms. The van der Waals surface area contributed by atoms with Crippen molar-refractivity contribution in [2.75, 3.05) is 6.54 Å². The molecule has 3 aromatic rings. The molecule has 2 aliphatic rings. The van der Waals surface area contributed by atoms with Gasteiger partial charge in [0.15, 0.2) is 26.2 Å². The Bertz CT molecular complexity index is 1400. The first kappa shape index (κ1) is 21.8. The van der Waals surface area contributed by atoms with Crippen molar-refractivity contribution in [1.82, 2.24) is 4.48 Å². The summed E-state index contributed by atoms with van der Waals surface area (Å²) in [5.74, 6) is -0.993. The lowest BCUT2D eigenvalue weighted by molar-refractivity contribution is -0.655. The number of halogens is 2. The molecule has 2 aliphatic heterocycles. The molecule has 4 heterocycles. The summed E-state index contributed by atoms with van der Waals surface area (Å²) < 4.78 is 40.2. The number of quaternary nitrogens is 1. The number of hydrogen-bond donors (Lipinski definition) is 1. The van der Waals surface area contributed by atoms with Crippen molar-refractivity contribution in [2.24, 2.45) is 0 Å². The number of aromatic nitrogens is 1. The molecule has 2 atom stereocenters. The molecule has 162 valence electrons. The molecule has 13 heteroatoms. The summed E-state index contributed by atoms with van der Waals surface area (Å²) in [7, 11) is -4.55. The van der Waals surface area contributed by atoms with E-state index < -0.39 is 21.5 Å². The molecule has 0 radical (unpaired) electrons. The Labute approximate surface area is 203 Å². The van der Waals surface area contributed by atoms with Crippen molar-refractivity contribution in [3.05, 3.63) is 43.1 Å². The molecule has 2 unspecified atom stereocenters. The van der Waals surface area contributed by atoms with Crippen LogP contribution in [0.15, 0.2) is 38.7 Å². The predicted octanol–water partition coefficient (Wildman–Crippen LogP) is 4.44. The molecule has 0 bridgehead atoms. The van der Waals surface area contributed by atoms with E-state index in [1.807, 2.05) is 24.3 Å². The number of nitrogens with zero attached hydrogens (tertiary/aromatic N) is 2. The highest BCUT2D eigenvalue weighted by atomic mass is 79.9. The Morgan fingerprint density at radius 2 is 2.16 bits per heavy atom. The fourth-order valence-electron chi connectivity index (χ4n) is 4.10. The van der Waals surface area contributed by atoms with Gasteiger partial charge in [-0.15, -0.1) is 0 Å². The highest BCUT2D eigenvalue weighted by Gasteiger charge is 2.60. The Kier molecular flexibility index (Phi) is 5.30. The monoisotopic (exact) mass is 579 g/mol. The predicted molar refractivity (Wildman–Crippen MR) is 125 cm³/mol. The maximum absolute atomic E-state index is 12.1. The first-order valence-corrected chi connectivity index (χ1v) is 14.0. The topological polar surface area (TPSA) is 98.4 Å². The van der Waals surface area contributed by atoms with Gasteiger partial charge in [-0.25, -0.2) is 17.7 Å². The number of benzene rings is 1. The Morgan fingerprint density at radius 1 is 1.39 bits per heavy atom. The molecule has 31 heavy (non-hydrogen) atoms. The van der Waals surface area contributed by atoms with Gasteiger partial charge in [0.25, 0.3) is 9.84 Å². The zero-order valence-corrected chi connectivity index (χ0v) is 21.1. The highest BCUT2D eigenvalue weighted by Crippen LogP contribution is 2.58. The molecule has 1 aromatic carbocycles. The smallest absolute Gasteiger partial charge is 0.370 e. The van der Waals surface area contributed by atoms with Gasteiger partial charge in [-0.3, -0.25) is 0 Å². The quantitative estimate of drug-likeness (QED) is 0.278. The van der Waals surface area contributed by atoms with Crippen LogP contribution in [0.5, 0.6) is 0 Å². The summed E-state index contributed by atoms with van der Waals surface area (Å²) in [6.45, 7) is 0.237. The SMILES string of the molecule is O=C(O)C[n+]1c(C=C2Sc3ccc(Br)cc3[N+]23CCC3S(=O)(=O)[O-])sc2cc(Cl)sc21. The van der Waals surface area contributed by atoms with Crippen LogP contribution in [0.2, 0.25) is 4.34 Å². The van der Waals surface area contributed by atoms with Crippen LogP contribution in [-0.2, 0) is 21.5 Å². The molecule has 0 amide bonds. The number of carboxylic acids is 1. The average molecular weight is 581 g/mol. The second kappa shape index (κ2) is 7.52. The van der Waals surface area contributed by atoms with Crippen molar-refractivity contribution >= 4 is 99.3 Å². The van der Waals surface area contributed by atoms with E-state index in [2.05, 4.69) is 15.9 Å². The van der Waals surface area contributed by atoms with Gasteiger partial charge in [0.05, 0.1) is 23.9 Å². The van der Waals surface area contributed by atoms with Gasteiger partial charge in [-0.1, -0.05) is 50.2 Å². The summed E-state index contributed by atoms with van der Waals surface area (Å²) >= 11 is 13.7. The van der Waals surface area contributed by atoms with Crippen molar-refractivity contribution in [3.8, 4) is 0 Å². The minimum absolute atomic E-state index is 0.0509. The zero-order valence-electron chi connectivity index (χ0n) is 15.4. The number of thiazole rings is 1. The van der Waals surface area contributed by atoms with Gasteiger partial charge in [0.2, 0.25) is 6.54 Å². The molecule has 5 rings (SSSR count). The average Bonchev–Trinajstić information content (AvgIpc) is 3.23. The van der Waals surface area contributed by atoms with Gasteiger partial charge in [0, 0.05) is 10.5 Å². The van der Waals surface area contributed by atoms with E-state index in [1.54, 1.807) is 10.6 Å². The maximum atomic E-state index is 12.1. The molecule has 2 aromatic heterocycles. The van der Waals surface area contributed by atoms with E-state index in [1.165, 1.54) is 34.4 Å². The van der Waals surface area contributed by atoms with Crippen LogP contribution in [0, 0.1) is 0 Å². The van der Waals surface area contributed by atoms with E-state index in [0.717, 1.165) is 24.6 Å². The largest absolute Gasteiger partial charge is 0.743 e. The summed E-state index contributed by atoms with van der Waals surface area (Å²) in [5, 5.41) is 9.68. The van der Waals surface area contributed by atoms with E-state index in [9.17, 15) is 22.9 Å². The minimum Gasteiger partial charge on any atom is -0.743 e. The van der Waals surface area contributed by atoms with Crippen LogP contribution in [0.4, 0.5) is 5.69 Å². The normalized spacial score (nSPS) is 24.1. The summed E-state index contributed by atoms with van der Waals surface area (Å²) in [4.78, 5) is 13.1. The number of rotatable bonds is 4. The van der Waals surface area contributed by atoms with Gasteiger partial charge < -0.3 is 9.66 Å². The van der Waals surface area contributed by atoms with E-state index in [0.29, 0.717) is 20.9 Å². The molecule has 1 saturated heterocycles. The second-order valence-corrected chi connectivity index (χ2v) is 13.4. The molecule has 1 N–H and O–H groups in total. The third-order valence-corrected chi connectivity index (χ3v) is 10.9. The van der Waals surface area contributed by atoms with Crippen molar-refractivity contribution in [2.45, 2.75) is 23.2 Å². The third-order valence-electron chi connectivity index (χ3n) is 5.43. The molecule has 0 aliphatic carbocycles. The lowest BCUT2D eigenvalue weighted by Crippen LogP contribution is -2.66. The number of fused-ring (bicyclic) bond motifs is 3. The zero-order chi connectivity index (χ0) is 22.1. The number of hydrogen-bond acceptors (Lipinski definition) is 7. The Morgan fingerprint density at radius 3 is 2.81 bits per heavy atom. The third kappa shape index (κ3) is 3.48. The van der Waals surface area contributed by atoms with Crippen LogP contribution in [0.25, 0.3) is 15.6 Å². The molecular formula is C18H13BrClN2O5S4+. The Balaban J connectivity index is 1.71. The van der Waals surface area contributed by atoms with Gasteiger partial charge in [-0.2, -0.15) is 4.57 Å². The molecule has 1 fully saturated rings. The Hall–Kier alpha value is -0.990. The number of carbonyl (C=O) groups is 1. The standard InChI is InChI=1S/C18H12BrClN2O5S4/c19-9-1-2-11-10(5-9)22(4-3-16(22)31(25,26)27)15(29-11)7-14-21(8-17(23)24)18-12(28-14)6-13(20)30-18/h1-2,5-7,16H,3-4,8H2/p+1. The minimum atomic E-state index is -4.55. The van der Waals surface area contributed by atoms with Crippen LogP contribution in [0.1, 0.15) is 11.4 Å². The summed E-state index contributed by atoms with van der Waals surface area (Å²) in [6, 6.07) is 7.42. The van der Waals surface area contributed by atoms with E-state index >= 15 is 0 Å². The second-order valence-electron chi connectivity index (χ2n) is 7.17. The van der Waals surface area contributed by atoms with Crippen LogP contribution < -0.4 is 9.05 Å². The van der Waals surface area contributed by atoms with Gasteiger partial charge in [-0.05, 0) is 30.0 Å². The van der Waals surface area contributed by atoms with Crippen molar-refractivity contribution < 1.29 is 27.4 Å². The number of carboxylic acid groups (broad SMARTS) is 1. The van der Waals surface area contributed by atoms with E-state index in [-0.39, 0.29) is 17.4 Å². The van der Waals surface area contributed by atoms with Crippen LogP contribution in [-0.4, -0.2) is 36.0 Å². The first-order chi connectivity index (χ1) is 14.6. The fraction of sp³-hybridized carbons (Fsp3) is 0.222. The number of thiophene rings is 1. The summed E-state index contributed by atoms with van der Waals surface area (Å²) in [6.07, 6.45) is 2.10. The fourth-order valence-corrected chi connectivity index (χ4v) is 9.70. The van der Waals surface area contributed by atoms with Gasteiger partial charge in [0.1, 0.15) is 9.04 Å². The molecule has 0 saturated carbocycles. The number of aliphatic carboxylic acids is 1. The van der Waals surface area contributed by atoms with Crippen LogP contribution in [0.3, 0.4) is 0 Å². The lowest BCUT2D eigenvalue weighted by Gasteiger charge is -2.49. The summed E-state index contributed by atoms with van der Waals surface area (Å²) in [5.41, 5.74) is 0.771. The maximum Gasteiger partial charge on any atom is 0.370 e. The molecule has 7 nitrogen and oxygen atoms in total. The van der Waals surface area contributed by atoms with E-state index in [4.69, 9.17) is 11.6 Å². The van der Waals surface area contributed by atoms with Crippen molar-refractivity contribution in [3.63, 3.8) is 0 Å².